The topological polar surface area (TPSA) is 158 Å². The number of hydrogen-bond donors (Lipinski definition) is 0. The first-order chi connectivity index (χ1) is 17.6. The zero-order valence-corrected chi connectivity index (χ0v) is 19.0. The summed E-state index contributed by atoms with van der Waals surface area (Å²) in [6.07, 6.45) is 0.133. The minimum Gasteiger partial charge on any atom is -0.450 e. The third-order valence-corrected chi connectivity index (χ3v) is 5.85. The highest BCUT2D eigenvalue weighted by atomic mass is 16.6. The van der Waals surface area contributed by atoms with Crippen molar-refractivity contribution >= 4 is 52.2 Å². The van der Waals surface area contributed by atoms with Crippen LogP contribution in [0.3, 0.4) is 0 Å². The molecule has 0 aromatic carbocycles. The molecule has 0 aliphatic carbocycles. The molecule has 12 nitrogen and oxygen atoms in total. The van der Waals surface area contributed by atoms with Gasteiger partial charge in [-0.05, 0) is 19.8 Å². The predicted molar refractivity (Wildman–Crippen MR) is 119 cm³/mol. The van der Waals surface area contributed by atoms with E-state index in [9.17, 15) is 24.0 Å². The summed E-state index contributed by atoms with van der Waals surface area (Å²) in [4.78, 5) is 60.4. The molecule has 0 fully saturated rings. The Balaban J connectivity index is 1.07. The molecule has 4 bridgehead atoms. The van der Waals surface area contributed by atoms with E-state index in [0.717, 1.165) is 0 Å². The smallest absolute Gasteiger partial charge is 0.349 e. The molecule has 0 saturated carbocycles. The first-order valence-electron chi connectivity index (χ1n) is 10.8. The summed E-state index contributed by atoms with van der Waals surface area (Å²) in [6, 6.07) is 1.39. The number of ether oxygens (including phenoxy) is 5. The molecule has 4 aromatic rings. The highest BCUT2D eigenvalue weighted by molar-refractivity contribution is 6.13. The largest absolute Gasteiger partial charge is 0.450 e. The molecule has 0 radical (unpaired) electrons. The van der Waals surface area contributed by atoms with E-state index in [0.29, 0.717) is 5.56 Å². The van der Waals surface area contributed by atoms with Gasteiger partial charge in [0.1, 0.15) is 11.1 Å². The number of hydrogen-bond acceptors (Lipinski definition) is 12. The van der Waals surface area contributed by atoms with Crippen LogP contribution in [0.5, 0.6) is 23.0 Å². The maximum Gasteiger partial charge on any atom is 0.349 e. The minimum absolute atomic E-state index is 0.00200. The van der Waals surface area contributed by atoms with Gasteiger partial charge < -0.3 is 32.5 Å². The zero-order chi connectivity index (χ0) is 26.2. The molecule has 4 aromatic heterocycles. The molecule has 37 heavy (non-hydrogen) atoms. The van der Waals surface area contributed by atoms with Crippen LogP contribution >= 0.6 is 0 Å². The van der Waals surface area contributed by atoms with Gasteiger partial charge in [0.25, 0.3) is 0 Å². The van der Waals surface area contributed by atoms with Gasteiger partial charge in [-0.1, -0.05) is 13.2 Å². The summed E-state index contributed by atoms with van der Waals surface area (Å²) >= 11 is 0. The molecule has 0 atom stereocenters. The van der Waals surface area contributed by atoms with Gasteiger partial charge in [0, 0.05) is 22.8 Å². The summed E-state index contributed by atoms with van der Waals surface area (Å²) in [5, 5.41) is 0. The van der Waals surface area contributed by atoms with Gasteiger partial charge in [0.05, 0.1) is 0 Å². The lowest BCUT2D eigenvalue weighted by Gasteiger charge is -2.08. The van der Waals surface area contributed by atoms with Crippen molar-refractivity contribution in [2.24, 2.45) is 0 Å². The average molecular weight is 506 g/mol. The van der Waals surface area contributed by atoms with E-state index in [2.05, 4.69) is 13.2 Å². The van der Waals surface area contributed by atoms with Crippen LogP contribution < -0.4 is 18.9 Å². The highest BCUT2D eigenvalue weighted by Crippen LogP contribution is 2.52. The lowest BCUT2D eigenvalue weighted by molar-refractivity contribution is -0.150. The van der Waals surface area contributed by atoms with Crippen molar-refractivity contribution in [2.75, 3.05) is 6.61 Å². The second-order valence-electron chi connectivity index (χ2n) is 8.39. The summed E-state index contributed by atoms with van der Waals surface area (Å²) < 4.78 is 36.4. The summed E-state index contributed by atoms with van der Waals surface area (Å²) in [5.41, 5.74) is 1.61. The molecule has 186 valence electrons. The Kier molecular flexibility index (Phi) is 4.64. The number of carbonyl (C=O) groups excluding carboxylic acids is 5. The quantitative estimate of drug-likeness (QED) is 0.186. The Labute approximate surface area is 205 Å². The van der Waals surface area contributed by atoms with E-state index < -0.39 is 36.5 Å². The van der Waals surface area contributed by atoms with Crippen LogP contribution in [0.4, 0.5) is 0 Å². The number of fused-ring (bicyclic) bond motifs is 2. The average Bonchev–Trinajstić information content (AvgIpc) is 3.65. The minimum atomic E-state index is -0.931. The number of carbonyl (C=O) groups is 5. The van der Waals surface area contributed by atoms with Gasteiger partial charge in [-0.3, -0.25) is 0 Å². The zero-order valence-electron chi connectivity index (χ0n) is 19.0. The normalized spacial score (nSPS) is 13.3. The maximum atomic E-state index is 12.4. The molecule has 6 heterocycles. The Morgan fingerprint density at radius 3 is 2.38 bits per heavy atom. The first-order valence-corrected chi connectivity index (χ1v) is 10.8. The molecule has 2 aliphatic rings. The van der Waals surface area contributed by atoms with Crippen molar-refractivity contribution < 1.29 is 56.5 Å². The monoisotopic (exact) mass is 506 g/mol. The van der Waals surface area contributed by atoms with Crippen molar-refractivity contribution in [3.05, 3.63) is 47.1 Å². The number of rotatable bonds is 9. The Bertz CT molecular complexity index is 1710. The molecule has 0 spiro atoms. The molecular weight excluding hydrogens is 492 g/mol. The fourth-order valence-corrected chi connectivity index (χ4v) is 4.10. The molecular formula is C25H14O12. The molecule has 0 amide bonds. The van der Waals surface area contributed by atoms with E-state index in [1.165, 1.54) is 13.0 Å². The van der Waals surface area contributed by atoms with Gasteiger partial charge in [-0.15, -0.1) is 0 Å². The van der Waals surface area contributed by atoms with E-state index in [4.69, 9.17) is 32.5 Å². The Hall–Kier alpha value is -5.13. The second-order valence-corrected chi connectivity index (χ2v) is 8.39. The Morgan fingerprint density at radius 2 is 1.62 bits per heavy atom. The summed E-state index contributed by atoms with van der Waals surface area (Å²) in [6.45, 7) is 7.90. The summed E-state index contributed by atoms with van der Waals surface area (Å²) in [5.74, 6) is -3.87. The highest BCUT2D eigenvalue weighted by Gasteiger charge is 2.41. The van der Waals surface area contributed by atoms with Crippen LogP contribution in [0, 0.1) is 0 Å². The van der Waals surface area contributed by atoms with Gasteiger partial charge >= 0.3 is 29.8 Å². The lowest BCUT2D eigenvalue weighted by atomic mass is 10.0. The van der Waals surface area contributed by atoms with Gasteiger partial charge in [-0.25, -0.2) is 24.0 Å². The molecule has 2 aliphatic heterocycles. The lowest BCUT2D eigenvalue weighted by Crippen LogP contribution is -2.19. The van der Waals surface area contributed by atoms with Crippen LogP contribution in [0.2, 0.25) is 0 Å². The fraction of sp³-hybridized carbons (Fsp3) is 0.160. The SMILES string of the molecule is C=C(C)C(=O)Oc1c2c3oc1c(CCC(=C)C(=O)OCC(=O)Oc1c4c5oc1cc5C(=O)O4)c3C(=O)O2. The fourth-order valence-electron chi connectivity index (χ4n) is 4.10. The summed E-state index contributed by atoms with van der Waals surface area (Å²) in [7, 11) is 0. The standard InChI is InChI=1S/C25H14O12/c1-8(2)22(27)35-20-15-10(14-18(34-15)21(20)37-25(14)30)5-4-9(3)23(28)31-7-13(26)33-17-12-6-11-16(32-12)19(17)36-24(11)29/h6H,1,3-5,7H2,2H3. The van der Waals surface area contributed by atoms with E-state index in [-0.39, 0.29) is 80.4 Å². The third kappa shape index (κ3) is 3.26. The number of aryl methyl sites for hydroxylation is 1. The van der Waals surface area contributed by atoms with Crippen LogP contribution in [-0.4, -0.2) is 36.5 Å². The van der Waals surface area contributed by atoms with Gasteiger partial charge in [0.2, 0.25) is 23.0 Å². The van der Waals surface area contributed by atoms with Crippen LogP contribution in [0.25, 0.3) is 22.3 Å². The second kappa shape index (κ2) is 7.68. The van der Waals surface area contributed by atoms with Crippen molar-refractivity contribution in [1.82, 2.24) is 0 Å². The Morgan fingerprint density at radius 1 is 0.892 bits per heavy atom. The number of benzene rings is 2. The van der Waals surface area contributed by atoms with Gasteiger partial charge in [-0.2, -0.15) is 0 Å². The van der Waals surface area contributed by atoms with Crippen molar-refractivity contribution in [3.63, 3.8) is 0 Å². The van der Waals surface area contributed by atoms with Crippen molar-refractivity contribution in [1.29, 1.82) is 0 Å². The van der Waals surface area contributed by atoms with E-state index >= 15 is 0 Å². The molecule has 0 unspecified atom stereocenters. The molecule has 0 saturated heterocycles. The number of furan rings is 4. The van der Waals surface area contributed by atoms with Crippen LogP contribution in [-0.2, 0) is 25.5 Å². The predicted octanol–water partition coefficient (Wildman–Crippen LogP) is 3.24. The molecule has 6 rings (SSSR count). The third-order valence-electron chi connectivity index (χ3n) is 5.85. The maximum absolute atomic E-state index is 12.4. The van der Waals surface area contributed by atoms with Crippen LogP contribution in [0.15, 0.2) is 39.2 Å². The first kappa shape index (κ1) is 22.3. The molecule has 12 heteroatoms. The van der Waals surface area contributed by atoms with E-state index in [1.54, 1.807) is 0 Å². The van der Waals surface area contributed by atoms with Crippen molar-refractivity contribution in [2.45, 2.75) is 19.8 Å². The van der Waals surface area contributed by atoms with Gasteiger partial charge in [0.15, 0.2) is 28.9 Å². The van der Waals surface area contributed by atoms with E-state index in [1.807, 2.05) is 0 Å². The number of esters is 5. The molecule has 0 N–H and O–H groups in total. The van der Waals surface area contributed by atoms with Crippen molar-refractivity contribution in [3.8, 4) is 23.0 Å². The van der Waals surface area contributed by atoms with Crippen LogP contribution in [0.1, 0.15) is 39.6 Å².